The van der Waals surface area contributed by atoms with Crippen LogP contribution in [0.2, 0.25) is 0 Å². The van der Waals surface area contributed by atoms with Crippen molar-refractivity contribution < 1.29 is 10.1 Å². The Hall–Kier alpha value is 0.650. The van der Waals surface area contributed by atoms with Crippen LogP contribution in [0.4, 0.5) is 0 Å². The first-order chi connectivity index (χ1) is 5.94. The Morgan fingerprint density at radius 3 is 2.31 bits per heavy atom. The lowest BCUT2D eigenvalue weighted by molar-refractivity contribution is -0.353. The summed E-state index contributed by atoms with van der Waals surface area (Å²) in [4.78, 5) is 4.85. The molecule has 2 atom stereocenters. The Bertz CT molecular complexity index is 176. The molecule has 1 N–H and O–H groups in total. The van der Waals surface area contributed by atoms with E-state index in [9.17, 15) is 0 Å². The molecule has 1 aliphatic rings. The van der Waals surface area contributed by atoms with E-state index in [4.69, 9.17) is 10.1 Å². The fourth-order valence-corrected chi connectivity index (χ4v) is 3.99. The third kappa shape index (κ3) is 2.02. The number of alkyl halides is 1. The second kappa shape index (κ2) is 4.03. The molecule has 0 aromatic carbocycles. The highest BCUT2D eigenvalue weighted by Gasteiger charge is 2.50. The Morgan fingerprint density at radius 2 is 2.00 bits per heavy atom. The van der Waals surface area contributed by atoms with Gasteiger partial charge in [-0.3, -0.25) is 5.26 Å². The van der Waals surface area contributed by atoms with E-state index < -0.39 is 0 Å². The molecular formula is C10H19IO2. The standard InChI is InChI=1S/C10H19IO2/c1-9(2,3)10(13-12)7-5-4-6-8(10)11/h8,12H,4-7H2,1-3H3. The third-order valence-electron chi connectivity index (χ3n) is 3.19. The number of halogens is 1. The van der Waals surface area contributed by atoms with E-state index >= 15 is 0 Å². The molecule has 0 amide bonds. The van der Waals surface area contributed by atoms with Gasteiger partial charge in [-0.25, -0.2) is 4.89 Å². The maximum Gasteiger partial charge on any atom is 0.120 e. The van der Waals surface area contributed by atoms with E-state index in [2.05, 4.69) is 43.4 Å². The topological polar surface area (TPSA) is 29.5 Å². The van der Waals surface area contributed by atoms with E-state index in [1.54, 1.807) is 0 Å². The predicted octanol–water partition coefficient (Wildman–Crippen LogP) is 3.64. The molecule has 0 saturated heterocycles. The molecule has 1 fully saturated rings. The van der Waals surface area contributed by atoms with Crippen molar-refractivity contribution in [2.75, 3.05) is 0 Å². The second-order valence-corrected chi connectivity index (χ2v) is 6.45. The normalized spacial score (nSPS) is 36.2. The fourth-order valence-electron chi connectivity index (χ4n) is 2.19. The van der Waals surface area contributed by atoms with Gasteiger partial charge in [-0.1, -0.05) is 56.2 Å². The maximum atomic E-state index is 9.14. The molecule has 1 rings (SSSR count). The summed E-state index contributed by atoms with van der Waals surface area (Å²) in [7, 11) is 0. The summed E-state index contributed by atoms with van der Waals surface area (Å²) in [6, 6.07) is 0. The minimum Gasteiger partial charge on any atom is -0.251 e. The molecule has 3 heteroatoms. The van der Waals surface area contributed by atoms with Crippen molar-refractivity contribution in [2.45, 2.75) is 56.0 Å². The van der Waals surface area contributed by atoms with Gasteiger partial charge in [-0.05, 0) is 18.3 Å². The largest absolute Gasteiger partial charge is 0.251 e. The zero-order chi connectivity index (χ0) is 10.1. The molecule has 2 nitrogen and oxygen atoms in total. The highest BCUT2D eigenvalue weighted by molar-refractivity contribution is 14.1. The van der Waals surface area contributed by atoms with Crippen LogP contribution in [-0.4, -0.2) is 14.8 Å². The lowest BCUT2D eigenvalue weighted by Crippen LogP contribution is -2.53. The van der Waals surface area contributed by atoms with Gasteiger partial charge in [0.1, 0.15) is 5.60 Å². The molecule has 0 aromatic rings. The smallest absolute Gasteiger partial charge is 0.120 e. The second-order valence-electron chi connectivity index (χ2n) is 4.94. The summed E-state index contributed by atoms with van der Waals surface area (Å²) in [5.41, 5.74) is -0.333. The molecule has 13 heavy (non-hydrogen) atoms. The molecule has 0 heterocycles. The summed E-state index contributed by atoms with van der Waals surface area (Å²) in [6.45, 7) is 6.42. The van der Waals surface area contributed by atoms with Crippen LogP contribution in [0, 0.1) is 5.41 Å². The van der Waals surface area contributed by atoms with Crippen LogP contribution in [0.25, 0.3) is 0 Å². The van der Waals surface area contributed by atoms with E-state index in [1.165, 1.54) is 6.42 Å². The first kappa shape index (κ1) is 11.7. The van der Waals surface area contributed by atoms with Crippen molar-refractivity contribution in [3.8, 4) is 0 Å². The number of hydrogen-bond acceptors (Lipinski definition) is 2. The predicted molar refractivity (Wildman–Crippen MR) is 62.2 cm³/mol. The van der Waals surface area contributed by atoms with Crippen LogP contribution in [0.1, 0.15) is 46.5 Å². The molecule has 0 spiro atoms. The Labute approximate surface area is 94.1 Å². The van der Waals surface area contributed by atoms with E-state index in [-0.39, 0.29) is 11.0 Å². The minimum atomic E-state index is -0.341. The first-order valence-corrected chi connectivity index (χ1v) is 6.15. The summed E-state index contributed by atoms with van der Waals surface area (Å²) in [5, 5.41) is 9.14. The quantitative estimate of drug-likeness (QED) is 0.347. The van der Waals surface area contributed by atoms with Crippen LogP contribution in [0.15, 0.2) is 0 Å². The average molecular weight is 298 g/mol. The van der Waals surface area contributed by atoms with E-state index in [0.717, 1.165) is 19.3 Å². The van der Waals surface area contributed by atoms with Crippen molar-refractivity contribution in [1.82, 2.24) is 0 Å². The van der Waals surface area contributed by atoms with Gasteiger partial charge in [-0.15, -0.1) is 0 Å². The van der Waals surface area contributed by atoms with Crippen LogP contribution in [0.3, 0.4) is 0 Å². The van der Waals surface area contributed by atoms with Crippen molar-refractivity contribution in [3.63, 3.8) is 0 Å². The highest BCUT2D eigenvalue weighted by atomic mass is 127. The van der Waals surface area contributed by atoms with Gasteiger partial charge in [0.05, 0.1) is 0 Å². The fraction of sp³-hybridized carbons (Fsp3) is 1.00. The maximum absolute atomic E-state index is 9.14. The number of hydrogen-bond donors (Lipinski definition) is 1. The van der Waals surface area contributed by atoms with Gasteiger partial charge >= 0.3 is 0 Å². The van der Waals surface area contributed by atoms with Crippen LogP contribution in [-0.2, 0) is 4.89 Å². The molecule has 0 radical (unpaired) electrons. The van der Waals surface area contributed by atoms with Crippen LogP contribution >= 0.6 is 22.6 Å². The molecule has 0 aliphatic heterocycles. The zero-order valence-electron chi connectivity index (χ0n) is 8.64. The van der Waals surface area contributed by atoms with Gasteiger partial charge < -0.3 is 0 Å². The van der Waals surface area contributed by atoms with Gasteiger partial charge in [0.2, 0.25) is 0 Å². The first-order valence-electron chi connectivity index (χ1n) is 4.91. The van der Waals surface area contributed by atoms with Crippen molar-refractivity contribution in [3.05, 3.63) is 0 Å². The molecule has 0 aromatic heterocycles. The average Bonchev–Trinajstić information content (AvgIpc) is 2.03. The zero-order valence-corrected chi connectivity index (χ0v) is 10.8. The third-order valence-corrected chi connectivity index (χ3v) is 4.82. The monoisotopic (exact) mass is 298 g/mol. The van der Waals surface area contributed by atoms with Gasteiger partial charge in [0.25, 0.3) is 0 Å². The molecular weight excluding hydrogens is 279 g/mol. The Balaban J connectivity index is 2.89. The summed E-state index contributed by atoms with van der Waals surface area (Å²) >= 11 is 2.41. The molecule has 1 saturated carbocycles. The lowest BCUT2D eigenvalue weighted by atomic mass is 9.68. The highest BCUT2D eigenvalue weighted by Crippen LogP contribution is 2.47. The van der Waals surface area contributed by atoms with Crippen LogP contribution in [0.5, 0.6) is 0 Å². The number of rotatable bonds is 1. The van der Waals surface area contributed by atoms with Gasteiger partial charge in [0.15, 0.2) is 0 Å². The van der Waals surface area contributed by atoms with Crippen molar-refractivity contribution >= 4 is 22.6 Å². The SMILES string of the molecule is CC(C)(C)C1(OO)CCCCC1I. The molecule has 1 aliphatic carbocycles. The Morgan fingerprint density at radius 1 is 1.38 bits per heavy atom. The van der Waals surface area contributed by atoms with E-state index in [0.29, 0.717) is 3.92 Å². The minimum absolute atomic E-state index is 0.00796. The lowest BCUT2D eigenvalue weighted by Gasteiger charge is -2.47. The van der Waals surface area contributed by atoms with E-state index in [1.807, 2.05) is 0 Å². The molecule has 0 bridgehead atoms. The van der Waals surface area contributed by atoms with Crippen molar-refractivity contribution in [1.29, 1.82) is 0 Å². The van der Waals surface area contributed by atoms with Crippen molar-refractivity contribution in [2.24, 2.45) is 5.41 Å². The van der Waals surface area contributed by atoms with Gasteiger partial charge in [-0.2, -0.15) is 0 Å². The van der Waals surface area contributed by atoms with Gasteiger partial charge in [0, 0.05) is 3.92 Å². The molecule has 78 valence electrons. The molecule has 2 unspecified atom stereocenters. The Kier molecular flexibility index (Phi) is 3.63. The van der Waals surface area contributed by atoms with Crippen LogP contribution < -0.4 is 0 Å². The summed E-state index contributed by atoms with van der Waals surface area (Å²) in [6.07, 6.45) is 4.55. The summed E-state index contributed by atoms with van der Waals surface area (Å²) < 4.78 is 0.420. The summed E-state index contributed by atoms with van der Waals surface area (Å²) in [5.74, 6) is 0.